The average Bonchev–Trinajstić information content (AvgIpc) is 0.824. The molecule has 4 heterocycles. The second kappa shape index (κ2) is 33.9. The number of halogens is 5. The van der Waals surface area contributed by atoms with Crippen molar-refractivity contribution in [2.45, 2.75) is 155 Å². The summed E-state index contributed by atoms with van der Waals surface area (Å²) in [6.45, 7) is 17.0. The summed E-state index contributed by atoms with van der Waals surface area (Å²) in [5, 5.41) is 19.7. The third kappa shape index (κ3) is 23.5. The lowest BCUT2D eigenvalue weighted by molar-refractivity contribution is -0.157. The first-order valence-electron chi connectivity index (χ1n) is 30.0. The molecule has 0 aromatic heterocycles. The molecular formula is C68H89F5N4O16. The molecule has 0 saturated carbocycles. The second-order valence-electron chi connectivity index (χ2n) is 25.7. The topological polar surface area (TPSA) is 270 Å². The van der Waals surface area contributed by atoms with E-state index >= 15 is 0 Å². The van der Waals surface area contributed by atoms with Gasteiger partial charge >= 0.3 is 23.9 Å². The van der Waals surface area contributed by atoms with Crippen LogP contribution in [0.3, 0.4) is 0 Å². The van der Waals surface area contributed by atoms with Crippen LogP contribution in [0, 0.1) is 52.8 Å². The van der Waals surface area contributed by atoms with Crippen LogP contribution in [-0.4, -0.2) is 124 Å². The largest absolute Gasteiger partial charge is 0.497 e. The fourth-order valence-corrected chi connectivity index (χ4v) is 11.2. The van der Waals surface area contributed by atoms with E-state index in [1.807, 2.05) is 0 Å². The number of methoxy groups -OCH3 is 4. The number of carbonyl (C=O) groups excluding carboxylic acids is 7. The molecule has 4 aromatic rings. The Bertz CT molecular complexity index is 3010. The van der Waals surface area contributed by atoms with E-state index in [0.717, 1.165) is 12.1 Å². The number of piperidine rings is 4. The minimum atomic E-state index is -1.20. The van der Waals surface area contributed by atoms with Gasteiger partial charge in [-0.05, 0) is 115 Å². The third-order valence-electron chi connectivity index (χ3n) is 15.4. The number of nitrogens with one attached hydrogen (secondary N) is 4. The van der Waals surface area contributed by atoms with Crippen molar-refractivity contribution in [3.8, 4) is 23.0 Å². The van der Waals surface area contributed by atoms with Crippen LogP contribution >= 0.6 is 0 Å². The molecule has 512 valence electrons. The summed E-state index contributed by atoms with van der Waals surface area (Å²) < 4.78 is 107. The number of hydrogen-bond acceptors (Lipinski definition) is 15. The van der Waals surface area contributed by atoms with Crippen molar-refractivity contribution in [3.05, 3.63) is 118 Å². The van der Waals surface area contributed by atoms with E-state index in [1.165, 1.54) is 46.6 Å². The number of carboxylic acids is 1. The number of benzene rings is 4. The van der Waals surface area contributed by atoms with Crippen LogP contribution in [0.25, 0.3) is 0 Å². The van der Waals surface area contributed by atoms with Crippen LogP contribution in [0.2, 0.25) is 0 Å². The van der Waals surface area contributed by atoms with Gasteiger partial charge in [0.25, 0.3) is 0 Å². The summed E-state index contributed by atoms with van der Waals surface area (Å²) >= 11 is 0. The van der Waals surface area contributed by atoms with E-state index in [9.17, 15) is 60.3 Å². The molecule has 4 aliphatic rings. The Balaban J connectivity index is 0.000000264. The third-order valence-corrected chi connectivity index (χ3v) is 15.4. The number of esters is 3. The normalized spacial score (nSPS) is 21.1. The fourth-order valence-electron chi connectivity index (χ4n) is 11.2. The van der Waals surface area contributed by atoms with Gasteiger partial charge in [0.15, 0.2) is 0 Å². The zero-order chi connectivity index (χ0) is 68.6. The monoisotopic (exact) mass is 1310 g/mol. The zero-order valence-corrected chi connectivity index (χ0v) is 54.2. The average molecular weight is 1310 g/mol. The van der Waals surface area contributed by atoms with Gasteiger partial charge < -0.3 is 59.5 Å². The van der Waals surface area contributed by atoms with E-state index in [-0.39, 0.29) is 141 Å². The van der Waals surface area contributed by atoms with Crippen molar-refractivity contribution in [3.63, 3.8) is 0 Å². The lowest BCUT2D eigenvalue weighted by atomic mass is 9.79. The van der Waals surface area contributed by atoms with Gasteiger partial charge in [0, 0.05) is 111 Å². The van der Waals surface area contributed by atoms with Crippen LogP contribution < -0.4 is 40.2 Å². The number of aliphatic carboxylic acids is 1. The van der Waals surface area contributed by atoms with Gasteiger partial charge in [-0.15, -0.1) is 0 Å². The quantitative estimate of drug-likeness (QED) is 0.0421. The molecule has 0 spiro atoms. The summed E-state index contributed by atoms with van der Waals surface area (Å²) in [5.41, 5.74) is -0.813. The summed E-state index contributed by atoms with van der Waals surface area (Å²) in [5.74, 6) is -8.77. The SMILES string of the molecule is C.COc1cc(F)c(C2CC(=O)NC[C@H]2C(=O)O)c(F)c1.COc1ccc(C2CC(=O)NCC2CC(=O)OC(C)(C)C)c(F)c1.COc1ccc(C2CC(=O)NCC2CC(=O)OC(C)(C)C)c(F)c1.COc1ccc(C2CC(=O)NC[C@H]2CC(=O)OC(C)(C)C)c(F)c1. The molecule has 0 bridgehead atoms. The van der Waals surface area contributed by atoms with Gasteiger partial charge in [-0.1, -0.05) is 25.6 Å². The van der Waals surface area contributed by atoms with Crippen molar-refractivity contribution >= 4 is 47.5 Å². The van der Waals surface area contributed by atoms with Crippen molar-refractivity contribution in [1.29, 1.82) is 0 Å². The summed E-state index contributed by atoms with van der Waals surface area (Å²) in [6, 6.07) is 15.7. The lowest BCUT2D eigenvalue weighted by Crippen LogP contribution is -2.43. The molecule has 8 rings (SSSR count). The maximum Gasteiger partial charge on any atom is 0.308 e. The van der Waals surface area contributed by atoms with E-state index in [1.54, 1.807) is 98.7 Å². The Labute approximate surface area is 540 Å². The highest BCUT2D eigenvalue weighted by Crippen LogP contribution is 2.40. The molecular weight excluding hydrogens is 1220 g/mol. The first kappa shape index (κ1) is 76.9. The Morgan fingerprint density at radius 1 is 0.419 bits per heavy atom. The number of ether oxygens (including phenoxy) is 7. The molecule has 25 heteroatoms. The standard InChI is InChI=1S/3C18H24FNO4.C13H13F2NO4.CH4/c3*1-18(2,3)24-17(22)7-11-10-20-16(21)9-14(11)13-6-5-12(23-4)8-15(13)19;1-20-6-2-9(14)12(10(15)3-6)7-4-11(17)16-5-8(7)13(18)19;/h3*5-6,8,11,14H,7,9-10H2,1-4H3,(H,20,21);2-3,7-8H,4-5H2,1H3,(H,16,17)(H,18,19);1H4/t11-,14?;;;7?,8-;/m1..1./s1. The number of carbonyl (C=O) groups is 8. The number of amides is 4. The molecule has 6 unspecified atom stereocenters. The first-order valence-corrected chi connectivity index (χ1v) is 30.0. The number of rotatable bonds is 15. The predicted octanol–water partition coefficient (Wildman–Crippen LogP) is 10.3. The highest BCUT2D eigenvalue weighted by molar-refractivity contribution is 5.83. The Kier molecular flexibility index (Phi) is 28.0. The van der Waals surface area contributed by atoms with Gasteiger partial charge in [-0.3, -0.25) is 38.4 Å². The molecule has 4 saturated heterocycles. The highest BCUT2D eigenvalue weighted by Gasteiger charge is 2.40. The van der Waals surface area contributed by atoms with E-state index in [4.69, 9.17) is 38.3 Å². The van der Waals surface area contributed by atoms with Gasteiger partial charge in [-0.25, -0.2) is 22.0 Å². The highest BCUT2D eigenvalue weighted by atomic mass is 19.1. The van der Waals surface area contributed by atoms with Crippen LogP contribution in [0.1, 0.15) is 161 Å². The molecule has 4 aliphatic heterocycles. The minimum Gasteiger partial charge on any atom is -0.497 e. The molecule has 5 N–H and O–H groups in total. The maximum atomic E-state index is 14.4. The zero-order valence-electron chi connectivity index (χ0n) is 54.2. The first-order chi connectivity index (χ1) is 43.0. The summed E-state index contributed by atoms with van der Waals surface area (Å²) in [7, 11) is 5.66. The van der Waals surface area contributed by atoms with E-state index in [2.05, 4.69) is 21.3 Å². The van der Waals surface area contributed by atoms with Crippen LogP contribution in [0.4, 0.5) is 22.0 Å². The van der Waals surface area contributed by atoms with Gasteiger partial charge in [0.2, 0.25) is 23.6 Å². The summed E-state index contributed by atoms with van der Waals surface area (Å²) in [6.07, 6.45) is 0.580. The molecule has 0 aliphatic carbocycles. The van der Waals surface area contributed by atoms with E-state index in [0.29, 0.717) is 53.6 Å². The van der Waals surface area contributed by atoms with Crippen molar-refractivity contribution in [2.75, 3.05) is 54.6 Å². The molecule has 0 radical (unpaired) electrons. The van der Waals surface area contributed by atoms with Crippen molar-refractivity contribution in [2.24, 2.45) is 23.7 Å². The Morgan fingerprint density at radius 3 is 0.925 bits per heavy atom. The molecule has 20 nitrogen and oxygen atoms in total. The smallest absolute Gasteiger partial charge is 0.308 e. The van der Waals surface area contributed by atoms with Gasteiger partial charge in [-0.2, -0.15) is 0 Å². The molecule has 4 fully saturated rings. The minimum absolute atomic E-state index is 0. The van der Waals surface area contributed by atoms with Crippen molar-refractivity contribution < 1.29 is 98.6 Å². The number of hydrogen-bond donors (Lipinski definition) is 5. The van der Waals surface area contributed by atoms with E-state index < -0.39 is 69.6 Å². The van der Waals surface area contributed by atoms with Gasteiger partial charge in [0.05, 0.1) is 53.6 Å². The maximum absolute atomic E-state index is 14.4. The molecule has 93 heavy (non-hydrogen) atoms. The molecule has 4 aromatic carbocycles. The second-order valence-corrected chi connectivity index (χ2v) is 25.7. The fraction of sp³-hybridized carbons (Fsp3) is 0.529. The Morgan fingerprint density at radius 2 is 0.677 bits per heavy atom. The summed E-state index contributed by atoms with van der Waals surface area (Å²) in [4.78, 5) is 94.2. The van der Waals surface area contributed by atoms with Gasteiger partial charge in [0.1, 0.15) is 68.9 Å². The number of carboxylic acid groups (broad SMARTS) is 1. The van der Waals surface area contributed by atoms with Crippen molar-refractivity contribution in [1.82, 2.24) is 21.3 Å². The van der Waals surface area contributed by atoms with Crippen LogP contribution in [0.15, 0.2) is 66.7 Å². The lowest BCUT2D eigenvalue weighted by Gasteiger charge is -2.32. The van der Waals surface area contributed by atoms with Crippen LogP contribution in [-0.2, 0) is 52.6 Å². The Hall–Kier alpha value is -8.51. The molecule has 4 amide bonds. The van der Waals surface area contributed by atoms with Crippen LogP contribution in [0.5, 0.6) is 23.0 Å². The predicted molar refractivity (Wildman–Crippen MR) is 333 cm³/mol. The molecule has 8 atom stereocenters.